The van der Waals surface area contributed by atoms with E-state index < -0.39 is 5.60 Å². The Morgan fingerprint density at radius 2 is 2.00 bits per heavy atom. The van der Waals surface area contributed by atoms with Crippen LogP contribution in [0, 0.1) is 11.8 Å². The highest BCUT2D eigenvalue weighted by Crippen LogP contribution is 2.29. The number of hydrogen-bond acceptors (Lipinski definition) is 1. The molecular weight excluding hydrogens is 136 g/mol. The van der Waals surface area contributed by atoms with Crippen molar-refractivity contribution < 1.29 is 5.11 Å². The molecule has 0 fully saturated rings. The largest absolute Gasteiger partial charge is 0.385 e. The van der Waals surface area contributed by atoms with Crippen molar-refractivity contribution in [2.75, 3.05) is 0 Å². The van der Waals surface area contributed by atoms with Crippen LogP contribution >= 0.6 is 0 Å². The fourth-order valence-corrected chi connectivity index (χ4v) is 1.64. The van der Waals surface area contributed by atoms with Crippen LogP contribution in [-0.4, -0.2) is 10.7 Å². The van der Waals surface area contributed by atoms with E-state index in [1.54, 1.807) is 0 Å². The maximum absolute atomic E-state index is 9.87. The van der Waals surface area contributed by atoms with Crippen LogP contribution in [0.5, 0.6) is 0 Å². The third kappa shape index (κ3) is 1.72. The van der Waals surface area contributed by atoms with E-state index in [0.717, 1.165) is 0 Å². The molecule has 0 saturated heterocycles. The van der Waals surface area contributed by atoms with Crippen molar-refractivity contribution in [3.8, 4) is 0 Å². The molecule has 11 heavy (non-hydrogen) atoms. The molecule has 0 aliphatic heterocycles. The monoisotopic (exact) mass is 152 g/mol. The number of rotatable bonds is 1. The lowest BCUT2D eigenvalue weighted by molar-refractivity contribution is 0.0458. The van der Waals surface area contributed by atoms with Gasteiger partial charge in [0.2, 0.25) is 0 Å². The van der Waals surface area contributed by atoms with Crippen molar-refractivity contribution in [2.24, 2.45) is 11.8 Å². The molecule has 0 amide bonds. The predicted octanol–water partition coefficient (Wildman–Crippen LogP) is 2.14. The SMILES string of the molecule is CC(C)C1C=CC=CC1(C)O. The molecule has 1 rings (SSSR count). The Labute approximate surface area is 68.4 Å². The van der Waals surface area contributed by atoms with Gasteiger partial charge < -0.3 is 5.11 Å². The molecule has 62 valence electrons. The van der Waals surface area contributed by atoms with E-state index in [-0.39, 0.29) is 5.92 Å². The summed E-state index contributed by atoms with van der Waals surface area (Å²) in [6, 6.07) is 0. The minimum absolute atomic E-state index is 0.257. The molecule has 1 N–H and O–H groups in total. The normalized spacial score (nSPS) is 36.6. The zero-order chi connectivity index (χ0) is 8.48. The molecule has 0 saturated carbocycles. The Bertz CT molecular complexity index is 187. The van der Waals surface area contributed by atoms with Crippen LogP contribution in [0.3, 0.4) is 0 Å². The van der Waals surface area contributed by atoms with Crippen molar-refractivity contribution in [1.82, 2.24) is 0 Å². The molecule has 0 bridgehead atoms. The minimum Gasteiger partial charge on any atom is -0.385 e. The summed E-state index contributed by atoms with van der Waals surface area (Å²) in [6.07, 6.45) is 7.84. The van der Waals surface area contributed by atoms with Crippen molar-refractivity contribution >= 4 is 0 Å². The van der Waals surface area contributed by atoms with Gasteiger partial charge in [-0.3, -0.25) is 0 Å². The second-order valence-electron chi connectivity index (χ2n) is 3.74. The lowest BCUT2D eigenvalue weighted by atomic mass is 9.78. The van der Waals surface area contributed by atoms with Gasteiger partial charge >= 0.3 is 0 Å². The van der Waals surface area contributed by atoms with Gasteiger partial charge in [0.1, 0.15) is 0 Å². The second kappa shape index (κ2) is 2.82. The third-order valence-electron chi connectivity index (χ3n) is 2.26. The highest BCUT2D eigenvalue weighted by atomic mass is 16.3. The lowest BCUT2D eigenvalue weighted by Gasteiger charge is -2.32. The van der Waals surface area contributed by atoms with Crippen LogP contribution in [0.4, 0.5) is 0 Å². The summed E-state index contributed by atoms with van der Waals surface area (Å²) in [4.78, 5) is 0. The van der Waals surface area contributed by atoms with E-state index in [0.29, 0.717) is 5.92 Å². The quantitative estimate of drug-likeness (QED) is 0.610. The Balaban J connectivity index is 2.80. The summed E-state index contributed by atoms with van der Waals surface area (Å²) < 4.78 is 0. The van der Waals surface area contributed by atoms with Gasteiger partial charge in [-0.2, -0.15) is 0 Å². The van der Waals surface area contributed by atoms with Gasteiger partial charge in [-0.25, -0.2) is 0 Å². The van der Waals surface area contributed by atoms with E-state index in [1.165, 1.54) is 0 Å². The summed E-state index contributed by atoms with van der Waals surface area (Å²) in [5.74, 6) is 0.749. The molecule has 1 aliphatic carbocycles. The number of allylic oxidation sites excluding steroid dienone is 2. The molecule has 0 aromatic heterocycles. The number of hydrogen-bond donors (Lipinski definition) is 1. The molecule has 2 atom stereocenters. The van der Waals surface area contributed by atoms with Crippen molar-refractivity contribution in [2.45, 2.75) is 26.4 Å². The van der Waals surface area contributed by atoms with Crippen LogP contribution in [0.2, 0.25) is 0 Å². The Morgan fingerprint density at radius 3 is 2.36 bits per heavy atom. The summed E-state index contributed by atoms with van der Waals surface area (Å²) in [5, 5.41) is 9.87. The van der Waals surface area contributed by atoms with Crippen LogP contribution in [0.1, 0.15) is 20.8 Å². The lowest BCUT2D eigenvalue weighted by Crippen LogP contribution is -2.35. The van der Waals surface area contributed by atoms with Crippen LogP contribution < -0.4 is 0 Å². The first-order valence-electron chi connectivity index (χ1n) is 4.12. The zero-order valence-corrected chi connectivity index (χ0v) is 7.41. The van der Waals surface area contributed by atoms with E-state index in [4.69, 9.17) is 0 Å². The fourth-order valence-electron chi connectivity index (χ4n) is 1.64. The van der Waals surface area contributed by atoms with Gasteiger partial charge in [0.25, 0.3) is 0 Å². The molecule has 0 radical (unpaired) electrons. The summed E-state index contributed by atoms with van der Waals surface area (Å²) in [7, 11) is 0. The Kier molecular flexibility index (Phi) is 2.19. The zero-order valence-electron chi connectivity index (χ0n) is 7.41. The highest BCUT2D eigenvalue weighted by Gasteiger charge is 2.30. The molecule has 0 spiro atoms. The van der Waals surface area contributed by atoms with Crippen molar-refractivity contribution in [3.63, 3.8) is 0 Å². The van der Waals surface area contributed by atoms with Crippen LogP contribution in [0.15, 0.2) is 24.3 Å². The van der Waals surface area contributed by atoms with E-state index in [1.807, 2.05) is 25.2 Å². The van der Waals surface area contributed by atoms with Crippen molar-refractivity contribution in [3.05, 3.63) is 24.3 Å². The Morgan fingerprint density at radius 1 is 1.36 bits per heavy atom. The summed E-state index contributed by atoms with van der Waals surface area (Å²) in [5.41, 5.74) is -0.650. The predicted molar refractivity (Wildman–Crippen MR) is 47.2 cm³/mol. The summed E-state index contributed by atoms with van der Waals surface area (Å²) >= 11 is 0. The topological polar surface area (TPSA) is 20.2 Å². The van der Waals surface area contributed by atoms with Crippen LogP contribution in [0.25, 0.3) is 0 Å². The van der Waals surface area contributed by atoms with Gasteiger partial charge in [0, 0.05) is 5.92 Å². The third-order valence-corrected chi connectivity index (χ3v) is 2.26. The fraction of sp³-hybridized carbons (Fsp3) is 0.600. The maximum atomic E-state index is 9.87. The number of aliphatic hydroxyl groups is 1. The molecule has 1 heteroatoms. The van der Waals surface area contributed by atoms with Gasteiger partial charge in [-0.05, 0) is 12.8 Å². The second-order valence-corrected chi connectivity index (χ2v) is 3.74. The minimum atomic E-state index is -0.650. The standard InChI is InChI=1S/C10H16O/c1-8(2)9-6-4-5-7-10(9,3)11/h4-9,11H,1-3H3. The van der Waals surface area contributed by atoms with Crippen LogP contribution in [-0.2, 0) is 0 Å². The average molecular weight is 152 g/mol. The molecule has 0 aromatic rings. The molecule has 0 aromatic carbocycles. The molecular formula is C10H16O. The highest BCUT2D eigenvalue weighted by molar-refractivity contribution is 5.20. The molecule has 1 aliphatic rings. The molecule has 2 unspecified atom stereocenters. The van der Waals surface area contributed by atoms with E-state index in [2.05, 4.69) is 19.9 Å². The molecule has 0 heterocycles. The summed E-state index contributed by atoms with van der Waals surface area (Å²) in [6.45, 7) is 6.11. The smallest absolute Gasteiger partial charge is 0.0867 e. The Hall–Kier alpha value is -0.560. The maximum Gasteiger partial charge on any atom is 0.0867 e. The van der Waals surface area contributed by atoms with Gasteiger partial charge in [-0.15, -0.1) is 0 Å². The van der Waals surface area contributed by atoms with Crippen molar-refractivity contribution in [1.29, 1.82) is 0 Å². The average Bonchev–Trinajstić information content (AvgIpc) is 1.85. The molecule has 1 nitrogen and oxygen atoms in total. The van der Waals surface area contributed by atoms with Gasteiger partial charge in [-0.1, -0.05) is 38.2 Å². The van der Waals surface area contributed by atoms with Gasteiger partial charge in [0.05, 0.1) is 5.60 Å². The first-order chi connectivity index (χ1) is 5.04. The van der Waals surface area contributed by atoms with E-state index >= 15 is 0 Å². The first-order valence-corrected chi connectivity index (χ1v) is 4.12. The van der Waals surface area contributed by atoms with Gasteiger partial charge in [0.15, 0.2) is 0 Å². The van der Waals surface area contributed by atoms with E-state index in [9.17, 15) is 5.11 Å². The first kappa shape index (κ1) is 8.54.